The maximum Gasteiger partial charge on any atom is 0.266 e. The second-order valence-corrected chi connectivity index (χ2v) is 7.41. The number of para-hydroxylation sites is 2. The van der Waals surface area contributed by atoms with Crippen LogP contribution in [0.4, 0.5) is 0 Å². The number of morpholine rings is 1. The summed E-state index contributed by atoms with van der Waals surface area (Å²) < 4.78 is 8.88. The molecule has 150 valence electrons. The molecule has 0 amide bonds. The zero-order valence-electron chi connectivity index (χ0n) is 16.4. The number of unbranched alkanes of at least 4 members (excludes halogenated alkanes) is 1. The van der Waals surface area contributed by atoms with E-state index in [4.69, 9.17) is 4.74 Å². The monoisotopic (exact) mass is 384 g/mol. The highest BCUT2D eigenvalue weighted by Gasteiger charge is 2.20. The summed E-state index contributed by atoms with van der Waals surface area (Å²) in [7, 11) is 0. The van der Waals surface area contributed by atoms with E-state index in [0.29, 0.717) is 24.3 Å². The lowest BCUT2D eigenvalue weighted by Gasteiger charge is -2.26. The number of benzene rings is 1. The molecule has 3 aromatic rings. The molecular weight excluding hydrogens is 356 g/mol. The second kappa shape index (κ2) is 8.32. The van der Waals surface area contributed by atoms with Gasteiger partial charge in [-0.05, 0) is 31.4 Å². The van der Waals surface area contributed by atoms with Crippen LogP contribution in [0.3, 0.4) is 0 Å². The van der Waals surface area contributed by atoms with Gasteiger partial charge in [-0.1, -0.05) is 25.5 Å². The SMILES string of the molecule is CCCCc1c(O)n(CCCN2CCOCC2)c2nc3ccccc3n2c1=O. The summed E-state index contributed by atoms with van der Waals surface area (Å²) in [6.07, 6.45) is 3.29. The van der Waals surface area contributed by atoms with Gasteiger partial charge >= 0.3 is 0 Å². The molecule has 1 saturated heterocycles. The number of hydrogen-bond donors (Lipinski definition) is 1. The highest BCUT2D eigenvalue weighted by atomic mass is 16.5. The van der Waals surface area contributed by atoms with Gasteiger partial charge in [-0.15, -0.1) is 0 Å². The number of rotatable bonds is 7. The molecule has 4 rings (SSSR count). The van der Waals surface area contributed by atoms with Crippen molar-refractivity contribution < 1.29 is 9.84 Å². The van der Waals surface area contributed by atoms with E-state index in [0.717, 1.165) is 63.1 Å². The molecule has 7 heteroatoms. The molecule has 1 aliphatic rings. The molecular formula is C21H28N4O3. The predicted octanol–water partition coefficient (Wildman–Crippen LogP) is 2.42. The Labute approximate surface area is 164 Å². The van der Waals surface area contributed by atoms with Gasteiger partial charge in [0.1, 0.15) is 0 Å². The molecule has 1 N–H and O–H groups in total. The van der Waals surface area contributed by atoms with Gasteiger partial charge in [0.25, 0.3) is 5.56 Å². The van der Waals surface area contributed by atoms with Crippen molar-refractivity contribution in [3.8, 4) is 5.88 Å². The quantitative estimate of drug-likeness (QED) is 0.677. The summed E-state index contributed by atoms with van der Waals surface area (Å²) in [5, 5.41) is 10.9. The molecule has 3 heterocycles. The maximum atomic E-state index is 13.1. The Bertz CT molecular complexity index is 1020. The average Bonchev–Trinajstić information content (AvgIpc) is 3.11. The Kier molecular flexibility index (Phi) is 5.64. The third kappa shape index (κ3) is 3.52. The molecule has 1 aromatic carbocycles. The molecule has 1 aliphatic heterocycles. The van der Waals surface area contributed by atoms with Crippen molar-refractivity contribution in [3.63, 3.8) is 0 Å². The van der Waals surface area contributed by atoms with Crippen molar-refractivity contribution in [1.29, 1.82) is 0 Å². The van der Waals surface area contributed by atoms with E-state index in [2.05, 4.69) is 16.8 Å². The number of nitrogens with zero attached hydrogens (tertiary/aromatic N) is 4. The van der Waals surface area contributed by atoms with Crippen LogP contribution >= 0.6 is 0 Å². The molecule has 0 saturated carbocycles. The van der Waals surface area contributed by atoms with E-state index in [1.54, 1.807) is 4.40 Å². The van der Waals surface area contributed by atoms with Crippen LogP contribution < -0.4 is 5.56 Å². The lowest BCUT2D eigenvalue weighted by Crippen LogP contribution is -2.37. The van der Waals surface area contributed by atoms with Crippen LogP contribution in [0.5, 0.6) is 5.88 Å². The van der Waals surface area contributed by atoms with Crippen molar-refractivity contribution in [2.24, 2.45) is 0 Å². The number of aryl methyl sites for hydroxylation is 1. The zero-order chi connectivity index (χ0) is 19.5. The Balaban J connectivity index is 1.73. The number of fused-ring (bicyclic) bond motifs is 3. The molecule has 0 unspecified atom stereocenters. The summed E-state index contributed by atoms with van der Waals surface area (Å²) in [6, 6.07) is 7.65. The summed E-state index contributed by atoms with van der Waals surface area (Å²) >= 11 is 0. The first-order valence-electron chi connectivity index (χ1n) is 10.2. The summed E-state index contributed by atoms with van der Waals surface area (Å²) in [4.78, 5) is 20.2. The van der Waals surface area contributed by atoms with Gasteiger partial charge in [0.05, 0.1) is 29.8 Å². The Hall–Kier alpha value is -2.38. The van der Waals surface area contributed by atoms with Gasteiger partial charge in [-0.2, -0.15) is 0 Å². The third-order valence-electron chi connectivity index (χ3n) is 5.51. The van der Waals surface area contributed by atoms with Gasteiger partial charge < -0.3 is 9.84 Å². The first-order valence-corrected chi connectivity index (χ1v) is 10.2. The fraction of sp³-hybridized carbons (Fsp3) is 0.524. The summed E-state index contributed by atoms with van der Waals surface area (Å²) in [6.45, 7) is 7.09. The minimum atomic E-state index is -0.154. The lowest BCUT2D eigenvalue weighted by molar-refractivity contribution is 0.0369. The predicted molar refractivity (Wildman–Crippen MR) is 109 cm³/mol. The molecule has 0 radical (unpaired) electrons. The van der Waals surface area contributed by atoms with Crippen molar-refractivity contribution in [2.75, 3.05) is 32.8 Å². The van der Waals surface area contributed by atoms with Crippen molar-refractivity contribution >= 4 is 16.8 Å². The Morgan fingerprint density at radius 1 is 1.14 bits per heavy atom. The smallest absolute Gasteiger partial charge is 0.266 e. The third-order valence-corrected chi connectivity index (χ3v) is 5.51. The van der Waals surface area contributed by atoms with Gasteiger partial charge in [-0.3, -0.25) is 14.3 Å². The molecule has 1 fully saturated rings. The topological polar surface area (TPSA) is 72.0 Å². The normalized spacial score (nSPS) is 15.6. The minimum Gasteiger partial charge on any atom is -0.494 e. The molecule has 0 atom stereocenters. The minimum absolute atomic E-state index is 0.0724. The molecule has 0 spiro atoms. The van der Waals surface area contributed by atoms with Crippen LogP contribution in [0.2, 0.25) is 0 Å². The molecule has 28 heavy (non-hydrogen) atoms. The first-order chi connectivity index (χ1) is 13.7. The van der Waals surface area contributed by atoms with E-state index in [1.165, 1.54) is 0 Å². The average molecular weight is 384 g/mol. The van der Waals surface area contributed by atoms with Crippen LogP contribution in [-0.4, -0.2) is 56.8 Å². The summed E-state index contributed by atoms with van der Waals surface area (Å²) in [5.41, 5.74) is 1.90. The van der Waals surface area contributed by atoms with Crippen molar-refractivity contribution in [2.45, 2.75) is 39.2 Å². The van der Waals surface area contributed by atoms with E-state index >= 15 is 0 Å². The van der Waals surface area contributed by atoms with Crippen LogP contribution in [-0.2, 0) is 17.7 Å². The van der Waals surface area contributed by atoms with Crippen LogP contribution in [0, 0.1) is 0 Å². The van der Waals surface area contributed by atoms with Crippen molar-refractivity contribution in [3.05, 3.63) is 40.2 Å². The van der Waals surface area contributed by atoms with Crippen LogP contribution in [0.15, 0.2) is 29.1 Å². The van der Waals surface area contributed by atoms with Gasteiger partial charge in [-0.25, -0.2) is 9.38 Å². The second-order valence-electron chi connectivity index (χ2n) is 7.41. The fourth-order valence-electron chi connectivity index (χ4n) is 3.94. The number of hydrogen-bond acceptors (Lipinski definition) is 5. The number of aromatic nitrogens is 3. The molecule has 0 aliphatic carbocycles. The number of ether oxygens (including phenoxy) is 1. The molecule has 7 nitrogen and oxygen atoms in total. The number of aromatic hydroxyl groups is 1. The van der Waals surface area contributed by atoms with E-state index in [-0.39, 0.29) is 11.4 Å². The van der Waals surface area contributed by atoms with E-state index < -0.39 is 0 Å². The molecule has 2 aromatic heterocycles. The fourth-order valence-corrected chi connectivity index (χ4v) is 3.94. The zero-order valence-corrected chi connectivity index (χ0v) is 16.4. The van der Waals surface area contributed by atoms with E-state index in [1.807, 2.05) is 28.8 Å². The maximum absolute atomic E-state index is 13.1. The standard InChI is InChI=1S/C21H28N4O3/c1-2-3-7-16-19(26)24(11-6-10-23-12-14-28-15-13-23)21-22-17-8-4-5-9-18(17)25(21)20(16)27/h4-5,8-9,26H,2-3,6-7,10-15H2,1H3. The van der Waals surface area contributed by atoms with Gasteiger partial charge in [0.15, 0.2) is 0 Å². The Morgan fingerprint density at radius 3 is 2.71 bits per heavy atom. The highest BCUT2D eigenvalue weighted by Crippen LogP contribution is 2.23. The van der Waals surface area contributed by atoms with Gasteiger partial charge in [0.2, 0.25) is 11.7 Å². The van der Waals surface area contributed by atoms with Crippen LogP contribution in [0.25, 0.3) is 16.8 Å². The number of imidazole rings is 1. The first kappa shape index (κ1) is 19.0. The van der Waals surface area contributed by atoms with E-state index in [9.17, 15) is 9.90 Å². The summed E-state index contributed by atoms with van der Waals surface area (Å²) in [5.74, 6) is 0.592. The largest absolute Gasteiger partial charge is 0.494 e. The Morgan fingerprint density at radius 2 is 1.93 bits per heavy atom. The highest BCUT2D eigenvalue weighted by molar-refractivity contribution is 5.79. The molecule has 0 bridgehead atoms. The van der Waals surface area contributed by atoms with Gasteiger partial charge in [0, 0.05) is 26.2 Å². The van der Waals surface area contributed by atoms with Crippen LogP contribution in [0.1, 0.15) is 31.7 Å². The lowest BCUT2D eigenvalue weighted by atomic mass is 10.1. The van der Waals surface area contributed by atoms with Crippen molar-refractivity contribution in [1.82, 2.24) is 18.9 Å².